The van der Waals surface area contributed by atoms with Gasteiger partial charge in [-0.05, 0) is 23.3 Å². The van der Waals surface area contributed by atoms with E-state index in [0.717, 1.165) is 11.1 Å². The first-order valence-corrected chi connectivity index (χ1v) is 6.95. The van der Waals surface area contributed by atoms with Crippen LogP contribution in [0.15, 0.2) is 59.7 Å². The summed E-state index contributed by atoms with van der Waals surface area (Å²) < 4.78 is 0. The fourth-order valence-electron chi connectivity index (χ4n) is 1.78. The summed E-state index contributed by atoms with van der Waals surface area (Å²) in [4.78, 5) is 11.8. The fourth-order valence-corrected chi connectivity index (χ4v) is 1.78. The molecule has 7 nitrogen and oxygen atoms in total. The van der Waals surface area contributed by atoms with Gasteiger partial charge in [-0.3, -0.25) is 5.41 Å². The van der Waals surface area contributed by atoms with Crippen LogP contribution in [-0.2, 0) is 6.54 Å². The Morgan fingerprint density at radius 1 is 1.13 bits per heavy atom. The van der Waals surface area contributed by atoms with Gasteiger partial charge in [-0.2, -0.15) is 5.10 Å². The van der Waals surface area contributed by atoms with E-state index in [0.29, 0.717) is 12.2 Å². The lowest BCUT2D eigenvalue weighted by molar-refractivity contribution is 0.251. The van der Waals surface area contributed by atoms with E-state index in [1.165, 1.54) is 6.21 Å². The van der Waals surface area contributed by atoms with Crippen LogP contribution in [0.5, 0.6) is 0 Å². The van der Waals surface area contributed by atoms with E-state index in [1.807, 2.05) is 30.3 Å². The standard InChI is InChI=1S/C16H18N6O/c17-15(18)22-20-11-13-6-8-14(9-7-13)21-16(23)19-10-12-4-2-1-3-5-12/h1-9,11H,10H2,(H4,17,18,22)(H2,19,21,23)/b20-11+. The summed E-state index contributed by atoms with van der Waals surface area (Å²) in [6.45, 7) is 0.466. The van der Waals surface area contributed by atoms with Crippen LogP contribution < -0.4 is 21.8 Å². The normalized spacial score (nSPS) is 10.3. The van der Waals surface area contributed by atoms with Crippen molar-refractivity contribution in [3.05, 3.63) is 65.7 Å². The SMILES string of the molecule is N=C(N)N/N=C/c1ccc(NC(=O)NCc2ccccc2)cc1. The van der Waals surface area contributed by atoms with Gasteiger partial charge in [-0.15, -0.1) is 0 Å². The van der Waals surface area contributed by atoms with Gasteiger partial charge < -0.3 is 16.4 Å². The predicted molar refractivity (Wildman–Crippen MR) is 91.4 cm³/mol. The number of nitrogens with two attached hydrogens (primary N) is 1. The average molecular weight is 310 g/mol. The quantitative estimate of drug-likeness (QED) is 0.329. The minimum absolute atomic E-state index is 0.227. The van der Waals surface area contributed by atoms with Crippen LogP contribution in [0.3, 0.4) is 0 Å². The van der Waals surface area contributed by atoms with Crippen molar-refractivity contribution in [2.45, 2.75) is 6.54 Å². The Hall–Kier alpha value is -3.35. The average Bonchev–Trinajstić information content (AvgIpc) is 2.55. The van der Waals surface area contributed by atoms with Gasteiger partial charge in [0.15, 0.2) is 0 Å². The molecule has 2 aromatic rings. The molecule has 0 bridgehead atoms. The molecule has 0 aliphatic heterocycles. The van der Waals surface area contributed by atoms with E-state index in [2.05, 4.69) is 21.2 Å². The number of urea groups is 1. The van der Waals surface area contributed by atoms with Gasteiger partial charge in [0.25, 0.3) is 0 Å². The number of guanidine groups is 1. The summed E-state index contributed by atoms with van der Waals surface area (Å²) in [6.07, 6.45) is 1.53. The van der Waals surface area contributed by atoms with Crippen molar-refractivity contribution in [3.8, 4) is 0 Å². The monoisotopic (exact) mass is 310 g/mol. The molecule has 0 saturated heterocycles. The van der Waals surface area contributed by atoms with E-state index in [9.17, 15) is 4.79 Å². The lowest BCUT2D eigenvalue weighted by Gasteiger charge is -2.08. The summed E-state index contributed by atoms with van der Waals surface area (Å²) in [6, 6.07) is 16.5. The first-order valence-electron chi connectivity index (χ1n) is 6.95. The van der Waals surface area contributed by atoms with Crippen molar-refractivity contribution in [1.82, 2.24) is 10.7 Å². The molecule has 0 radical (unpaired) electrons. The number of anilines is 1. The van der Waals surface area contributed by atoms with Crippen LogP contribution in [0.1, 0.15) is 11.1 Å². The zero-order chi connectivity index (χ0) is 16.5. The number of nitrogens with one attached hydrogen (secondary N) is 4. The van der Waals surface area contributed by atoms with Crippen LogP contribution in [0.25, 0.3) is 0 Å². The first kappa shape index (κ1) is 16.0. The summed E-state index contributed by atoms with van der Waals surface area (Å²) in [5.74, 6) is -0.227. The Balaban J connectivity index is 1.82. The molecule has 7 heteroatoms. The van der Waals surface area contributed by atoms with Crippen LogP contribution in [0, 0.1) is 5.41 Å². The Labute approximate surface area is 134 Å². The molecular formula is C16H18N6O. The lowest BCUT2D eigenvalue weighted by atomic mass is 10.2. The van der Waals surface area contributed by atoms with Gasteiger partial charge >= 0.3 is 6.03 Å². The second kappa shape index (κ2) is 8.18. The third kappa shape index (κ3) is 5.88. The second-order valence-electron chi connectivity index (χ2n) is 4.70. The van der Waals surface area contributed by atoms with Gasteiger partial charge in [0.1, 0.15) is 0 Å². The van der Waals surface area contributed by atoms with Gasteiger partial charge in [-0.1, -0.05) is 42.5 Å². The second-order valence-corrected chi connectivity index (χ2v) is 4.70. The van der Waals surface area contributed by atoms with Gasteiger partial charge in [0.05, 0.1) is 6.21 Å². The van der Waals surface area contributed by atoms with E-state index in [-0.39, 0.29) is 12.0 Å². The maximum atomic E-state index is 11.8. The highest BCUT2D eigenvalue weighted by molar-refractivity contribution is 5.90. The molecular weight excluding hydrogens is 292 g/mol. The smallest absolute Gasteiger partial charge is 0.319 e. The molecule has 0 saturated carbocycles. The third-order valence-corrected chi connectivity index (χ3v) is 2.86. The van der Waals surface area contributed by atoms with E-state index in [4.69, 9.17) is 11.1 Å². The summed E-state index contributed by atoms with van der Waals surface area (Å²) >= 11 is 0. The number of rotatable bonds is 5. The van der Waals surface area contributed by atoms with Crippen molar-refractivity contribution in [2.24, 2.45) is 10.8 Å². The first-order chi connectivity index (χ1) is 11.1. The molecule has 0 atom stereocenters. The molecule has 23 heavy (non-hydrogen) atoms. The number of hydrogen-bond acceptors (Lipinski definition) is 3. The molecule has 0 fully saturated rings. The summed E-state index contributed by atoms with van der Waals surface area (Å²) in [5, 5.41) is 16.3. The molecule has 2 rings (SSSR count). The van der Waals surface area contributed by atoms with E-state index in [1.54, 1.807) is 24.3 Å². The van der Waals surface area contributed by atoms with Gasteiger partial charge in [-0.25, -0.2) is 10.2 Å². The topological polar surface area (TPSA) is 115 Å². The molecule has 118 valence electrons. The Kier molecular flexibility index (Phi) is 5.70. The van der Waals surface area contributed by atoms with Crippen LogP contribution >= 0.6 is 0 Å². The largest absolute Gasteiger partial charge is 0.369 e. The zero-order valence-corrected chi connectivity index (χ0v) is 12.4. The minimum atomic E-state index is -0.270. The van der Waals surface area contributed by atoms with Crippen molar-refractivity contribution in [2.75, 3.05) is 5.32 Å². The highest BCUT2D eigenvalue weighted by Gasteiger charge is 2.01. The summed E-state index contributed by atoms with van der Waals surface area (Å²) in [5.41, 5.74) is 9.96. The number of carbonyl (C=O) groups is 1. The van der Waals surface area contributed by atoms with Crippen molar-refractivity contribution in [1.29, 1.82) is 5.41 Å². The third-order valence-electron chi connectivity index (χ3n) is 2.86. The highest BCUT2D eigenvalue weighted by atomic mass is 16.2. The molecule has 6 N–H and O–H groups in total. The number of nitrogens with zero attached hydrogens (tertiary/aromatic N) is 1. The van der Waals surface area contributed by atoms with Crippen LogP contribution in [0.4, 0.5) is 10.5 Å². The number of carbonyl (C=O) groups excluding carboxylic acids is 1. The molecule has 0 unspecified atom stereocenters. The predicted octanol–water partition coefficient (Wildman–Crippen LogP) is 1.83. The molecule has 0 aliphatic carbocycles. The maximum Gasteiger partial charge on any atom is 0.319 e. The molecule has 0 aliphatic rings. The van der Waals surface area contributed by atoms with Crippen LogP contribution in [0.2, 0.25) is 0 Å². The molecule has 0 heterocycles. The minimum Gasteiger partial charge on any atom is -0.369 e. The lowest BCUT2D eigenvalue weighted by Crippen LogP contribution is -2.28. The molecule has 2 amide bonds. The molecule has 0 spiro atoms. The van der Waals surface area contributed by atoms with Gasteiger partial charge in [0, 0.05) is 12.2 Å². The Morgan fingerprint density at radius 2 is 1.83 bits per heavy atom. The Bertz CT molecular complexity index is 681. The zero-order valence-electron chi connectivity index (χ0n) is 12.4. The van der Waals surface area contributed by atoms with Crippen molar-refractivity contribution >= 4 is 23.9 Å². The van der Waals surface area contributed by atoms with E-state index >= 15 is 0 Å². The maximum absolute atomic E-state index is 11.8. The fraction of sp³-hybridized carbons (Fsp3) is 0.0625. The number of hydrogen-bond donors (Lipinski definition) is 5. The molecule has 2 aromatic carbocycles. The number of amides is 2. The summed E-state index contributed by atoms with van der Waals surface area (Å²) in [7, 11) is 0. The van der Waals surface area contributed by atoms with E-state index < -0.39 is 0 Å². The molecule has 0 aromatic heterocycles. The Morgan fingerprint density at radius 3 is 2.48 bits per heavy atom. The van der Waals surface area contributed by atoms with Crippen molar-refractivity contribution in [3.63, 3.8) is 0 Å². The number of hydrazone groups is 1. The van der Waals surface area contributed by atoms with Crippen molar-refractivity contribution < 1.29 is 4.79 Å². The van der Waals surface area contributed by atoms with Crippen LogP contribution in [-0.4, -0.2) is 18.2 Å². The van der Waals surface area contributed by atoms with Gasteiger partial charge in [0.2, 0.25) is 5.96 Å². The highest BCUT2D eigenvalue weighted by Crippen LogP contribution is 2.08. The number of benzene rings is 2.